The first-order valence-corrected chi connectivity index (χ1v) is 8.39. The molecule has 0 atom stereocenters. The van der Waals surface area contributed by atoms with E-state index in [0.717, 1.165) is 5.56 Å². The molecule has 118 valence electrons. The topological polar surface area (TPSA) is 72.5 Å². The van der Waals surface area contributed by atoms with Gasteiger partial charge in [-0.25, -0.2) is 13.2 Å². The Balaban J connectivity index is 2.99. The predicted molar refractivity (Wildman–Crippen MR) is 84.0 cm³/mol. The van der Waals surface area contributed by atoms with E-state index < -0.39 is 16.0 Å². The Bertz CT molecular complexity index is 615. The highest BCUT2D eigenvalue weighted by molar-refractivity contribution is 7.92. The summed E-state index contributed by atoms with van der Waals surface area (Å²) in [5.74, 6) is -0.558. The summed E-state index contributed by atoms with van der Waals surface area (Å²) < 4.78 is 31.4. The summed E-state index contributed by atoms with van der Waals surface area (Å²) in [6.45, 7) is 7.77. The van der Waals surface area contributed by atoms with Crippen LogP contribution < -0.4 is 4.72 Å². The first-order valence-electron chi connectivity index (χ1n) is 6.73. The van der Waals surface area contributed by atoms with Crippen LogP contribution in [0.2, 0.25) is 0 Å². The van der Waals surface area contributed by atoms with Crippen molar-refractivity contribution in [3.05, 3.63) is 29.3 Å². The molecule has 0 radical (unpaired) electrons. The van der Waals surface area contributed by atoms with E-state index in [1.54, 1.807) is 18.2 Å². The highest BCUT2D eigenvalue weighted by Gasteiger charge is 2.20. The molecule has 1 aromatic carbocycles. The van der Waals surface area contributed by atoms with E-state index in [0.29, 0.717) is 6.42 Å². The van der Waals surface area contributed by atoms with E-state index >= 15 is 0 Å². The second kappa shape index (κ2) is 6.47. The first-order chi connectivity index (χ1) is 9.54. The average molecular weight is 313 g/mol. The van der Waals surface area contributed by atoms with Gasteiger partial charge in [0.1, 0.15) is 0 Å². The number of nitrogens with one attached hydrogen (secondary N) is 1. The van der Waals surface area contributed by atoms with Crippen LogP contribution in [0, 0.1) is 12.3 Å². The largest absolute Gasteiger partial charge is 0.465 e. The van der Waals surface area contributed by atoms with Crippen molar-refractivity contribution >= 4 is 21.7 Å². The molecule has 0 saturated heterocycles. The summed E-state index contributed by atoms with van der Waals surface area (Å²) in [5, 5.41) is 0. The van der Waals surface area contributed by atoms with Crippen LogP contribution in [-0.4, -0.2) is 27.2 Å². The number of methoxy groups -OCH3 is 1. The molecule has 0 amide bonds. The van der Waals surface area contributed by atoms with E-state index in [4.69, 9.17) is 0 Å². The molecule has 0 spiro atoms. The number of carbonyl (C=O) groups excluding carboxylic acids is 1. The molecular formula is C15H23NO4S. The maximum atomic E-state index is 12.1. The van der Waals surface area contributed by atoms with Crippen LogP contribution in [-0.2, 0) is 14.8 Å². The van der Waals surface area contributed by atoms with Crippen LogP contribution in [0.5, 0.6) is 0 Å². The van der Waals surface area contributed by atoms with Crippen molar-refractivity contribution in [3.8, 4) is 0 Å². The van der Waals surface area contributed by atoms with Crippen molar-refractivity contribution < 1.29 is 17.9 Å². The number of sulfonamides is 1. The lowest BCUT2D eigenvalue weighted by atomic mass is 9.94. The van der Waals surface area contributed by atoms with Crippen molar-refractivity contribution in [3.63, 3.8) is 0 Å². The Morgan fingerprint density at radius 3 is 2.43 bits per heavy atom. The molecule has 21 heavy (non-hydrogen) atoms. The van der Waals surface area contributed by atoms with Gasteiger partial charge in [-0.15, -0.1) is 0 Å². The molecule has 0 aliphatic carbocycles. The van der Waals surface area contributed by atoms with Gasteiger partial charge in [0.15, 0.2) is 0 Å². The molecule has 0 fully saturated rings. The van der Waals surface area contributed by atoms with Crippen LogP contribution in [0.15, 0.2) is 18.2 Å². The Morgan fingerprint density at radius 1 is 1.29 bits per heavy atom. The summed E-state index contributed by atoms with van der Waals surface area (Å²) in [6.07, 6.45) is 0.530. The fourth-order valence-electron chi connectivity index (χ4n) is 1.69. The smallest absolute Gasteiger partial charge is 0.340 e. The maximum absolute atomic E-state index is 12.1. The fraction of sp³-hybridized carbons (Fsp3) is 0.533. The normalized spacial score (nSPS) is 12.0. The summed E-state index contributed by atoms with van der Waals surface area (Å²) in [6, 6.07) is 4.93. The van der Waals surface area contributed by atoms with Gasteiger partial charge >= 0.3 is 5.97 Å². The molecule has 0 heterocycles. The lowest BCUT2D eigenvalue weighted by molar-refractivity contribution is 0.0602. The minimum absolute atomic E-state index is 0.00495. The van der Waals surface area contributed by atoms with Gasteiger partial charge in [-0.2, -0.15) is 0 Å². The lowest BCUT2D eigenvalue weighted by Gasteiger charge is -2.18. The van der Waals surface area contributed by atoms with Crippen LogP contribution in [0.3, 0.4) is 0 Å². The van der Waals surface area contributed by atoms with Crippen LogP contribution >= 0.6 is 0 Å². The van der Waals surface area contributed by atoms with Crippen LogP contribution in [0.25, 0.3) is 0 Å². The van der Waals surface area contributed by atoms with Crippen molar-refractivity contribution in [2.45, 2.75) is 34.1 Å². The first kappa shape index (κ1) is 17.5. The summed E-state index contributed by atoms with van der Waals surface area (Å²) in [4.78, 5) is 11.7. The Labute approximate surface area is 126 Å². The molecule has 1 N–H and O–H groups in total. The highest BCUT2D eigenvalue weighted by atomic mass is 32.2. The highest BCUT2D eigenvalue weighted by Crippen LogP contribution is 2.23. The Morgan fingerprint density at radius 2 is 1.90 bits per heavy atom. The van der Waals surface area contributed by atoms with Crippen molar-refractivity contribution in [1.82, 2.24) is 0 Å². The average Bonchev–Trinajstić information content (AvgIpc) is 2.37. The second-order valence-corrected chi connectivity index (χ2v) is 8.11. The van der Waals surface area contributed by atoms with Gasteiger partial charge in [-0.05, 0) is 30.9 Å². The van der Waals surface area contributed by atoms with Gasteiger partial charge in [0.2, 0.25) is 10.0 Å². The van der Waals surface area contributed by atoms with Crippen LogP contribution in [0.1, 0.15) is 43.1 Å². The maximum Gasteiger partial charge on any atom is 0.340 e. The third kappa shape index (κ3) is 5.75. The molecule has 1 rings (SSSR count). The standard InChI is InChI=1S/C15H23NO4S/c1-11-6-7-13(12(10-11)14(17)20-5)16-21(18,19)9-8-15(2,3)4/h6-7,10,16H,8-9H2,1-5H3. The van der Waals surface area contributed by atoms with Crippen molar-refractivity contribution in [2.75, 3.05) is 17.6 Å². The Hall–Kier alpha value is -1.56. The zero-order chi connectivity index (χ0) is 16.3. The van der Waals surface area contributed by atoms with E-state index in [-0.39, 0.29) is 22.4 Å². The van der Waals surface area contributed by atoms with E-state index in [1.165, 1.54) is 7.11 Å². The van der Waals surface area contributed by atoms with Gasteiger partial charge < -0.3 is 4.74 Å². The van der Waals surface area contributed by atoms with Gasteiger partial charge in [-0.1, -0.05) is 32.4 Å². The van der Waals surface area contributed by atoms with Gasteiger partial charge in [0, 0.05) is 0 Å². The number of aryl methyl sites for hydroxylation is 1. The van der Waals surface area contributed by atoms with Gasteiger partial charge in [0.05, 0.1) is 24.1 Å². The predicted octanol–water partition coefficient (Wildman–Crippen LogP) is 2.96. The van der Waals surface area contributed by atoms with Gasteiger partial charge in [0.25, 0.3) is 0 Å². The number of hydrogen-bond acceptors (Lipinski definition) is 4. The third-order valence-corrected chi connectivity index (χ3v) is 4.24. The third-order valence-electron chi connectivity index (χ3n) is 2.97. The zero-order valence-corrected chi connectivity index (χ0v) is 14.0. The van der Waals surface area contributed by atoms with Crippen LogP contribution in [0.4, 0.5) is 5.69 Å². The quantitative estimate of drug-likeness (QED) is 0.848. The summed E-state index contributed by atoms with van der Waals surface area (Å²) in [7, 11) is -2.24. The number of benzene rings is 1. The number of rotatable bonds is 5. The number of hydrogen-bond donors (Lipinski definition) is 1. The fourth-order valence-corrected chi connectivity index (χ4v) is 3.18. The molecule has 0 aliphatic heterocycles. The molecule has 0 bridgehead atoms. The molecule has 0 saturated carbocycles. The van der Waals surface area contributed by atoms with E-state index in [2.05, 4.69) is 9.46 Å². The number of ether oxygens (including phenoxy) is 1. The van der Waals surface area contributed by atoms with Crippen molar-refractivity contribution in [1.29, 1.82) is 0 Å². The molecule has 6 heteroatoms. The molecule has 0 unspecified atom stereocenters. The molecule has 0 aliphatic rings. The number of anilines is 1. The molecule has 0 aromatic heterocycles. The summed E-state index contributed by atoms with van der Waals surface area (Å²) >= 11 is 0. The molecular weight excluding hydrogens is 290 g/mol. The molecule has 5 nitrogen and oxygen atoms in total. The SMILES string of the molecule is COC(=O)c1cc(C)ccc1NS(=O)(=O)CCC(C)(C)C. The number of carbonyl (C=O) groups is 1. The van der Waals surface area contributed by atoms with Gasteiger partial charge in [-0.3, -0.25) is 4.72 Å². The zero-order valence-electron chi connectivity index (χ0n) is 13.2. The number of esters is 1. The minimum Gasteiger partial charge on any atom is -0.465 e. The monoisotopic (exact) mass is 313 g/mol. The summed E-state index contributed by atoms with van der Waals surface area (Å²) in [5.41, 5.74) is 1.25. The minimum atomic E-state index is -3.50. The second-order valence-electron chi connectivity index (χ2n) is 6.27. The van der Waals surface area contributed by atoms with Crippen molar-refractivity contribution in [2.24, 2.45) is 5.41 Å². The molecule has 1 aromatic rings. The van der Waals surface area contributed by atoms with E-state index in [1.807, 2.05) is 27.7 Å². The lowest BCUT2D eigenvalue weighted by Crippen LogP contribution is -2.22. The van der Waals surface area contributed by atoms with E-state index in [9.17, 15) is 13.2 Å². The Kier molecular flexibility index (Phi) is 5.39.